The van der Waals surface area contributed by atoms with E-state index in [0.29, 0.717) is 47.0 Å². The van der Waals surface area contributed by atoms with Crippen molar-refractivity contribution < 1.29 is 38.4 Å². The Hall–Kier alpha value is -4.07. The lowest BCUT2D eigenvalue weighted by molar-refractivity contribution is -0.139. The Kier molecular flexibility index (Phi) is 12.6. The fourth-order valence-electron chi connectivity index (χ4n) is 3.68. The summed E-state index contributed by atoms with van der Waals surface area (Å²) < 4.78 is 21.1. The molecule has 0 aromatic heterocycles. The summed E-state index contributed by atoms with van der Waals surface area (Å²) in [5.74, 6) is -0.845. The number of hydrogen-bond acceptors (Lipinski definition) is 7. The van der Waals surface area contributed by atoms with E-state index in [1.165, 1.54) is 26.4 Å². The Labute approximate surface area is 223 Å². The highest BCUT2D eigenvalue weighted by Crippen LogP contribution is 2.36. The van der Waals surface area contributed by atoms with Gasteiger partial charge in [-0.3, -0.25) is 0 Å². The standard InChI is InChI=1S/C30H36O8/c1-21(2)30(34)38-18-10-8-6-5-7-9-17-37-23-13-15-25(29(32)33)26(20-23)24-14-11-22(19-27(24)35-3)12-16-28(31)36-4/h11-16,19-20H,1,5-10,17-18H2,2-4H3,(H,32,33)/b16-12+. The Bertz CT molecular complexity index is 1150. The molecule has 2 rings (SSSR count). The number of methoxy groups -OCH3 is 2. The van der Waals surface area contributed by atoms with Crippen molar-refractivity contribution in [2.75, 3.05) is 27.4 Å². The minimum Gasteiger partial charge on any atom is -0.496 e. The molecule has 204 valence electrons. The molecule has 0 saturated heterocycles. The van der Waals surface area contributed by atoms with Gasteiger partial charge in [0.05, 0.1) is 33.0 Å². The van der Waals surface area contributed by atoms with Gasteiger partial charge < -0.3 is 24.1 Å². The number of carbonyl (C=O) groups is 3. The summed E-state index contributed by atoms with van der Waals surface area (Å²) in [6, 6.07) is 10.1. The molecule has 0 aliphatic rings. The van der Waals surface area contributed by atoms with Crippen molar-refractivity contribution in [3.63, 3.8) is 0 Å². The first-order valence-corrected chi connectivity index (χ1v) is 12.5. The summed E-state index contributed by atoms with van der Waals surface area (Å²) in [7, 11) is 2.80. The average molecular weight is 525 g/mol. The third kappa shape index (κ3) is 9.76. The molecule has 0 bridgehead atoms. The summed E-state index contributed by atoms with van der Waals surface area (Å²) in [6.45, 7) is 6.12. The van der Waals surface area contributed by atoms with Crippen LogP contribution < -0.4 is 9.47 Å². The monoisotopic (exact) mass is 524 g/mol. The van der Waals surface area contributed by atoms with Crippen LogP contribution in [0.15, 0.2) is 54.6 Å². The van der Waals surface area contributed by atoms with Gasteiger partial charge in [0.1, 0.15) is 11.5 Å². The Morgan fingerprint density at radius 1 is 0.895 bits per heavy atom. The first-order valence-electron chi connectivity index (χ1n) is 12.5. The molecule has 0 saturated carbocycles. The van der Waals surface area contributed by atoms with Crippen LogP contribution in [-0.4, -0.2) is 50.4 Å². The Balaban J connectivity index is 1.94. The molecule has 0 atom stereocenters. The number of benzene rings is 2. The molecule has 0 aliphatic carbocycles. The fraction of sp³-hybridized carbons (Fsp3) is 0.367. The summed E-state index contributed by atoms with van der Waals surface area (Å²) >= 11 is 0. The highest BCUT2D eigenvalue weighted by molar-refractivity contribution is 5.97. The van der Waals surface area contributed by atoms with E-state index in [1.807, 2.05) is 0 Å². The predicted octanol–water partition coefficient (Wildman–Crippen LogP) is 6.09. The lowest BCUT2D eigenvalue weighted by Gasteiger charge is -2.14. The number of esters is 2. The third-order valence-electron chi connectivity index (χ3n) is 5.74. The van der Waals surface area contributed by atoms with Gasteiger partial charge in [0.15, 0.2) is 0 Å². The van der Waals surface area contributed by atoms with Crippen molar-refractivity contribution in [2.24, 2.45) is 0 Å². The van der Waals surface area contributed by atoms with Crippen LogP contribution in [0.3, 0.4) is 0 Å². The molecule has 8 heteroatoms. The fourth-order valence-corrected chi connectivity index (χ4v) is 3.68. The number of aromatic carboxylic acids is 1. The Morgan fingerprint density at radius 3 is 2.21 bits per heavy atom. The van der Waals surface area contributed by atoms with Gasteiger partial charge in [-0.2, -0.15) is 0 Å². The second-order valence-electron chi connectivity index (χ2n) is 8.71. The molecule has 1 N–H and O–H groups in total. The van der Waals surface area contributed by atoms with Gasteiger partial charge in [0.2, 0.25) is 0 Å². The molecular weight excluding hydrogens is 488 g/mol. The Morgan fingerprint density at radius 2 is 1.58 bits per heavy atom. The van der Waals surface area contributed by atoms with Crippen molar-refractivity contribution in [3.05, 3.63) is 65.8 Å². The zero-order valence-electron chi connectivity index (χ0n) is 22.3. The van der Waals surface area contributed by atoms with Gasteiger partial charge in [0.25, 0.3) is 0 Å². The van der Waals surface area contributed by atoms with Crippen molar-refractivity contribution in [1.29, 1.82) is 0 Å². The molecule has 0 aliphatic heterocycles. The van der Waals surface area contributed by atoms with Crippen LogP contribution in [0.25, 0.3) is 17.2 Å². The van der Waals surface area contributed by atoms with Gasteiger partial charge in [-0.05, 0) is 55.7 Å². The van der Waals surface area contributed by atoms with Gasteiger partial charge in [-0.25, -0.2) is 14.4 Å². The molecule has 0 unspecified atom stereocenters. The average Bonchev–Trinajstić information content (AvgIpc) is 2.91. The van der Waals surface area contributed by atoms with Crippen molar-refractivity contribution in [3.8, 4) is 22.6 Å². The summed E-state index contributed by atoms with van der Waals surface area (Å²) in [5.41, 5.74) is 2.31. The van der Waals surface area contributed by atoms with Crippen molar-refractivity contribution >= 4 is 24.0 Å². The molecule has 8 nitrogen and oxygen atoms in total. The highest BCUT2D eigenvalue weighted by atomic mass is 16.5. The predicted molar refractivity (Wildman–Crippen MR) is 145 cm³/mol. The van der Waals surface area contributed by atoms with Crippen molar-refractivity contribution in [1.82, 2.24) is 0 Å². The van der Waals surface area contributed by atoms with Crippen LogP contribution in [0, 0.1) is 0 Å². The van der Waals surface area contributed by atoms with Gasteiger partial charge in [-0.1, -0.05) is 44.4 Å². The number of ether oxygens (including phenoxy) is 4. The number of hydrogen-bond donors (Lipinski definition) is 1. The minimum atomic E-state index is -1.06. The normalized spacial score (nSPS) is 10.7. The zero-order chi connectivity index (χ0) is 27.9. The summed E-state index contributed by atoms with van der Waals surface area (Å²) in [6.07, 6.45) is 8.68. The van der Waals surface area contributed by atoms with E-state index in [0.717, 1.165) is 38.5 Å². The van der Waals surface area contributed by atoms with Crippen LogP contribution in [-0.2, 0) is 19.1 Å². The number of carboxylic acids is 1. The first-order chi connectivity index (χ1) is 18.3. The molecule has 0 fully saturated rings. The number of rotatable bonds is 16. The largest absolute Gasteiger partial charge is 0.496 e. The van der Waals surface area contributed by atoms with Crippen LogP contribution in [0.5, 0.6) is 11.5 Å². The second kappa shape index (κ2) is 15.9. The lowest BCUT2D eigenvalue weighted by Crippen LogP contribution is -2.06. The van der Waals surface area contributed by atoms with Crippen LogP contribution in [0.1, 0.15) is 61.4 Å². The lowest BCUT2D eigenvalue weighted by atomic mass is 9.97. The molecule has 0 heterocycles. The first kappa shape index (κ1) is 30.2. The molecule has 38 heavy (non-hydrogen) atoms. The minimum absolute atomic E-state index is 0.127. The highest BCUT2D eigenvalue weighted by Gasteiger charge is 2.17. The SMILES string of the molecule is C=C(C)C(=O)OCCCCCCCCOc1ccc(C(=O)O)c(-c2ccc(/C=C/C(=O)OC)cc2OC)c1. The molecule has 0 radical (unpaired) electrons. The van der Waals surface area contributed by atoms with E-state index in [1.54, 1.807) is 43.3 Å². The maximum atomic E-state index is 11.9. The van der Waals surface area contributed by atoms with Gasteiger partial charge in [-0.15, -0.1) is 0 Å². The quantitative estimate of drug-likeness (QED) is 0.160. The van der Waals surface area contributed by atoms with E-state index >= 15 is 0 Å². The number of unbranched alkanes of at least 4 members (excludes halogenated alkanes) is 5. The maximum Gasteiger partial charge on any atom is 0.336 e. The summed E-state index contributed by atoms with van der Waals surface area (Å²) in [4.78, 5) is 34.6. The maximum absolute atomic E-state index is 11.9. The van der Waals surface area contributed by atoms with E-state index in [9.17, 15) is 19.5 Å². The number of carbonyl (C=O) groups excluding carboxylic acids is 2. The topological polar surface area (TPSA) is 108 Å². The molecular formula is C30H36O8. The van der Waals surface area contributed by atoms with Gasteiger partial charge >= 0.3 is 17.9 Å². The smallest absolute Gasteiger partial charge is 0.336 e. The molecule has 0 spiro atoms. The van der Waals surface area contributed by atoms with Crippen LogP contribution in [0.2, 0.25) is 0 Å². The van der Waals surface area contributed by atoms with E-state index < -0.39 is 11.9 Å². The number of carboxylic acid groups (broad SMARTS) is 1. The molecule has 0 amide bonds. The van der Waals surface area contributed by atoms with E-state index in [4.69, 9.17) is 14.2 Å². The molecule has 2 aromatic carbocycles. The van der Waals surface area contributed by atoms with Crippen LogP contribution >= 0.6 is 0 Å². The summed E-state index contributed by atoms with van der Waals surface area (Å²) in [5, 5.41) is 9.74. The second-order valence-corrected chi connectivity index (χ2v) is 8.71. The van der Waals surface area contributed by atoms with E-state index in [2.05, 4.69) is 11.3 Å². The van der Waals surface area contributed by atoms with Crippen molar-refractivity contribution in [2.45, 2.75) is 45.4 Å². The van der Waals surface area contributed by atoms with E-state index in [-0.39, 0.29) is 11.5 Å². The molecule has 2 aromatic rings. The zero-order valence-corrected chi connectivity index (χ0v) is 22.3. The van der Waals surface area contributed by atoms with Crippen LogP contribution in [0.4, 0.5) is 0 Å². The van der Waals surface area contributed by atoms with Gasteiger partial charge in [0, 0.05) is 22.8 Å². The third-order valence-corrected chi connectivity index (χ3v) is 5.74.